The van der Waals surface area contributed by atoms with Gasteiger partial charge in [-0.2, -0.15) is 0 Å². The number of benzene rings is 10. The highest BCUT2D eigenvalue weighted by Gasteiger charge is 2.35. The Morgan fingerprint density at radius 2 is 0.623 bits per heavy atom. The van der Waals surface area contributed by atoms with Gasteiger partial charge in [-0.1, -0.05) is 172 Å². The zero-order valence-corrected chi connectivity index (χ0v) is 34.3. The maximum absolute atomic E-state index is 2.42. The molecule has 0 amide bonds. The van der Waals surface area contributed by atoms with Crippen LogP contribution in [-0.2, 0) is 5.41 Å². The van der Waals surface area contributed by atoms with Crippen LogP contribution in [0, 0.1) is 0 Å². The molecule has 290 valence electrons. The average Bonchev–Trinajstić information content (AvgIpc) is 3.55. The molecule has 61 heavy (non-hydrogen) atoms. The molecule has 10 aromatic rings. The second kappa shape index (κ2) is 14.9. The van der Waals surface area contributed by atoms with Gasteiger partial charge in [0.25, 0.3) is 0 Å². The van der Waals surface area contributed by atoms with Crippen LogP contribution >= 0.6 is 0 Å². The highest BCUT2D eigenvalue weighted by molar-refractivity contribution is 6.21. The Labute approximate surface area is 358 Å². The molecule has 0 fully saturated rings. The zero-order chi connectivity index (χ0) is 40.9. The topological polar surface area (TPSA) is 6.48 Å². The highest BCUT2D eigenvalue weighted by atomic mass is 15.2. The van der Waals surface area contributed by atoms with Gasteiger partial charge in [0.2, 0.25) is 0 Å². The van der Waals surface area contributed by atoms with Crippen LogP contribution in [0.2, 0.25) is 0 Å². The third-order valence-electron chi connectivity index (χ3n) is 12.6. The predicted octanol–water partition coefficient (Wildman–Crippen LogP) is 16.6. The molecule has 0 radical (unpaired) electrons. The van der Waals surface area contributed by atoms with Crippen molar-refractivity contribution < 1.29 is 0 Å². The minimum absolute atomic E-state index is 0.124. The molecule has 0 saturated heterocycles. The van der Waals surface area contributed by atoms with Crippen molar-refractivity contribution >= 4 is 55.7 Å². The van der Waals surface area contributed by atoms with Gasteiger partial charge < -0.3 is 9.80 Å². The summed E-state index contributed by atoms with van der Waals surface area (Å²) in [5, 5.41) is 5.02. The van der Waals surface area contributed by atoms with Crippen LogP contribution in [0.25, 0.3) is 54.9 Å². The van der Waals surface area contributed by atoms with E-state index in [1.165, 1.54) is 66.1 Å². The van der Waals surface area contributed by atoms with Gasteiger partial charge in [0.1, 0.15) is 0 Å². The van der Waals surface area contributed by atoms with Gasteiger partial charge in [0.15, 0.2) is 0 Å². The van der Waals surface area contributed by atoms with E-state index in [-0.39, 0.29) is 5.41 Å². The van der Waals surface area contributed by atoms with E-state index in [0.29, 0.717) is 0 Å². The molecule has 10 aromatic carbocycles. The van der Waals surface area contributed by atoms with E-state index in [1.807, 2.05) is 0 Å². The average molecular weight is 781 g/mol. The number of nitrogens with zero attached hydrogens (tertiary/aromatic N) is 2. The lowest BCUT2D eigenvalue weighted by Crippen LogP contribution is -2.16. The van der Waals surface area contributed by atoms with Crippen LogP contribution in [0.15, 0.2) is 231 Å². The van der Waals surface area contributed by atoms with Gasteiger partial charge in [0.05, 0.1) is 0 Å². The summed E-state index contributed by atoms with van der Waals surface area (Å²) in [6.45, 7) is 4.71. The largest absolute Gasteiger partial charge is 0.311 e. The first kappa shape index (κ1) is 36.4. The molecule has 2 heteroatoms. The molecule has 0 saturated carbocycles. The second-order valence-electron chi connectivity index (χ2n) is 16.5. The fourth-order valence-electron chi connectivity index (χ4n) is 9.76. The van der Waals surface area contributed by atoms with E-state index in [9.17, 15) is 0 Å². The maximum atomic E-state index is 2.42. The molecule has 0 aromatic heterocycles. The number of hydrogen-bond acceptors (Lipinski definition) is 2. The maximum Gasteiger partial charge on any atom is 0.0465 e. The molecule has 0 unspecified atom stereocenters. The van der Waals surface area contributed by atoms with Gasteiger partial charge in [-0.15, -0.1) is 0 Å². The molecule has 0 heterocycles. The van der Waals surface area contributed by atoms with Gasteiger partial charge in [-0.05, 0) is 139 Å². The lowest BCUT2D eigenvalue weighted by molar-refractivity contribution is 0.660. The molecular formula is C59H44N2. The third-order valence-corrected chi connectivity index (χ3v) is 12.6. The molecule has 1 aliphatic carbocycles. The summed E-state index contributed by atoms with van der Waals surface area (Å²) in [6.07, 6.45) is 0. The number of hydrogen-bond donors (Lipinski definition) is 0. The fraction of sp³-hybridized carbons (Fsp3) is 0.0508. The van der Waals surface area contributed by atoms with Crippen molar-refractivity contribution in [1.29, 1.82) is 0 Å². The molecule has 1 aliphatic rings. The molecule has 0 aliphatic heterocycles. The SMILES string of the molecule is CC1(C)c2ccccc2-c2ccc(N(c3ccc(-c4c5ccccc5c(-c5ccccc5)c5ccccc45)cc3)c3ccc(N(c4ccccc4)c4ccccc4)cc3)cc21. The standard InChI is InChI=1S/C59H44N2/c1-59(2)55-29-17-16-24-49(55)50-39-38-48(40-56(50)59)61(47-36-34-46(35-37-47)60(43-20-8-4-9-21-43)44-22-10-5-11-23-44)45-32-30-42(31-33-45)58-53-27-14-12-25-51(53)57(41-18-6-3-7-19-41)52-26-13-15-28-54(52)58/h3-40H,1-2H3. The van der Waals surface area contributed by atoms with E-state index >= 15 is 0 Å². The number of anilines is 6. The summed E-state index contributed by atoms with van der Waals surface area (Å²) in [7, 11) is 0. The summed E-state index contributed by atoms with van der Waals surface area (Å²) in [5.41, 5.74) is 16.9. The molecule has 11 rings (SSSR count). The molecule has 2 nitrogen and oxygen atoms in total. The normalized spacial score (nSPS) is 12.6. The first-order chi connectivity index (χ1) is 30.0. The van der Waals surface area contributed by atoms with E-state index in [1.54, 1.807) is 0 Å². The Morgan fingerprint density at radius 3 is 1.13 bits per heavy atom. The Hall–Kier alpha value is -7.68. The number of rotatable bonds is 8. The van der Waals surface area contributed by atoms with Crippen LogP contribution < -0.4 is 9.80 Å². The number of fused-ring (bicyclic) bond motifs is 5. The Balaban J connectivity index is 1.06. The van der Waals surface area contributed by atoms with Gasteiger partial charge in [0, 0.05) is 39.5 Å². The molecular weight excluding hydrogens is 737 g/mol. The van der Waals surface area contributed by atoms with E-state index in [0.717, 1.165) is 34.1 Å². The summed E-state index contributed by atoms with van der Waals surface area (Å²) < 4.78 is 0. The fourth-order valence-corrected chi connectivity index (χ4v) is 9.76. The molecule has 0 atom stereocenters. The Kier molecular flexibility index (Phi) is 8.86. The van der Waals surface area contributed by atoms with Crippen LogP contribution in [-0.4, -0.2) is 0 Å². The smallest absolute Gasteiger partial charge is 0.0465 e. The summed E-state index contributed by atoms with van der Waals surface area (Å²) in [5.74, 6) is 0. The van der Waals surface area contributed by atoms with Crippen molar-refractivity contribution in [3.05, 3.63) is 242 Å². The van der Waals surface area contributed by atoms with E-state index in [2.05, 4.69) is 254 Å². The Bertz CT molecular complexity index is 3090. The quantitative estimate of drug-likeness (QED) is 0.142. The van der Waals surface area contributed by atoms with Crippen LogP contribution in [0.3, 0.4) is 0 Å². The van der Waals surface area contributed by atoms with Gasteiger partial charge >= 0.3 is 0 Å². The molecule has 0 N–H and O–H groups in total. The van der Waals surface area contributed by atoms with Crippen LogP contribution in [0.5, 0.6) is 0 Å². The monoisotopic (exact) mass is 780 g/mol. The first-order valence-electron chi connectivity index (χ1n) is 21.2. The summed E-state index contributed by atoms with van der Waals surface area (Å²) in [4.78, 5) is 4.73. The predicted molar refractivity (Wildman–Crippen MR) is 259 cm³/mol. The van der Waals surface area contributed by atoms with Gasteiger partial charge in [-0.25, -0.2) is 0 Å². The lowest BCUT2D eigenvalue weighted by atomic mass is 9.82. The number of para-hydroxylation sites is 2. The van der Waals surface area contributed by atoms with Gasteiger partial charge in [-0.3, -0.25) is 0 Å². The minimum Gasteiger partial charge on any atom is -0.311 e. The second-order valence-corrected chi connectivity index (χ2v) is 16.5. The van der Waals surface area contributed by atoms with Crippen molar-refractivity contribution in [3.8, 4) is 33.4 Å². The van der Waals surface area contributed by atoms with E-state index in [4.69, 9.17) is 0 Å². The van der Waals surface area contributed by atoms with Crippen molar-refractivity contribution in [2.45, 2.75) is 19.3 Å². The molecule has 0 bridgehead atoms. The van der Waals surface area contributed by atoms with Crippen molar-refractivity contribution in [2.24, 2.45) is 0 Å². The third kappa shape index (κ3) is 6.19. The van der Waals surface area contributed by atoms with Crippen LogP contribution in [0.4, 0.5) is 34.1 Å². The van der Waals surface area contributed by atoms with Crippen molar-refractivity contribution in [2.75, 3.05) is 9.80 Å². The van der Waals surface area contributed by atoms with Crippen LogP contribution in [0.1, 0.15) is 25.0 Å². The lowest BCUT2D eigenvalue weighted by Gasteiger charge is -2.29. The minimum atomic E-state index is -0.124. The first-order valence-corrected chi connectivity index (χ1v) is 21.2. The summed E-state index contributed by atoms with van der Waals surface area (Å²) in [6, 6.07) is 83.9. The van der Waals surface area contributed by atoms with Crippen molar-refractivity contribution in [3.63, 3.8) is 0 Å². The highest BCUT2D eigenvalue weighted by Crippen LogP contribution is 2.51. The van der Waals surface area contributed by atoms with Crippen molar-refractivity contribution in [1.82, 2.24) is 0 Å². The zero-order valence-electron chi connectivity index (χ0n) is 34.3. The molecule has 0 spiro atoms. The Morgan fingerprint density at radius 1 is 0.279 bits per heavy atom. The van der Waals surface area contributed by atoms with E-state index < -0.39 is 0 Å². The summed E-state index contributed by atoms with van der Waals surface area (Å²) >= 11 is 0.